The fraction of sp³-hybridized carbons (Fsp3) is 0.273. The quantitative estimate of drug-likeness (QED) is 0.717. The lowest BCUT2D eigenvalue weighted by Gasteiger charge is -2.43. The summed E-state index contributed by atoms with van der Waals surface area (Å²) >= 11 is 0. The van der Waals surface area contributed by atoms with Crippen molar-refractivity contribution >= 4 is 0 Å². The summed E-state index contributed by atoms with van der Waals surface area (Å²) in [5.41, 5.74) is 5.50. The van der Waals surface area contributed by atoms with Crippen LogP contribution >= 0.6 is 0 Å². The second-order valence-corrected chi connectivity index (χ2v) is 7.24. The average Bonchev–Trinajstić information content (AvgIpc) is 2.78. The Hall–Kier alpha value is -2.12. The Labute approximate surface area is 138 Å². The summed E-state index contributed by atoms with van der Waals surface area (Å²) < 4.78 is 0. The first-order chi connectivity index (χ1) is 11.0. The molecule has 0 atom stereocenters. The Morgan fingerprint density at radius 2 is 1.22 bits per heavy atom. The molecular weight excluding hydrogens is 280 g/mol. The van der Waals surface area contributed by atoms with Crippen molar-refractivity contribution in [1.82, 2.24) is 0 Å². The van der Waals surface area contributed by atoms with Crippen molar-refractivity contribution in [2.45, 2.75) is 32.8 Å². The van der Waals surface area contributed by atoms with Crippen molar-refractivity contribution in [2.75, 3.05) is 0 Å². The second kappa shape index (κ2) is 4.69. The van der Waals surface area contributed by atoms with E-state index < -0.39 is 11.0 Å². The van der Waals surface area contributed by atoms with Gasteiger partial charge in [0.2, 0.25) is 0 Å². The highest BCUT2D eigenvalue weighted by molar-refractivity contribution is 5.81. The maximum Gasteiger partial charge on any atom is 0.128 e. The Morgan fingerprint density at radius 1 is 0.783 bits per heavy atom. The molecule has 0 radical (unpaired) electrons. The minimum Gasteiger partial charge on any atom is -0.379 e. The lowest BCUT2D eigenvalue weighted by Crippen LogP contribution is -2.42. The van der Waals surface area contributed by atoms with Crippen LogP contribution in [-0.4, -0.2) is 5.11 Å². The van der Waals surface area contributed by atoms with Crippen molar-refractivity contribution in [3.05, 3.63) is 83.0 Å². The van der Waals surface area contributed by atoms with E-state index in [1.807, 2.05) is 24.3 Å². The van der Waals surface area contributed by atoms with Gasteiger partial charge >= 0.3 is 0 Å². The molecule has 1 nitrogen and oxygen atoms in total. The van der Waals surface area contributed by atoms with E-state index in [1.54, 1.807) is 0 Å². The van der Waals surface area contributed by atoms with Crippen LogP contribution < -0.4 is 0 Å². The lowest BCUT2D eigenvalue weighted by molar-refractivity contribution is 0.00897. The van der Waals surface area contributed by atoms with E-state index in [1.165, 1.54) is 11.1 Å². The highest BCUT2D eigenvalue weighted by atomic mass is 16.3. The molecule has 0 amide bonds. The zero-order valence-electron chi connectivity index (χ0n) is 13.9. The molecule has 0 spiro atoms. The SMILES string of the molecule is CC1=CC(C)(C2(O)c3ccccc3-c3ccccc32)C=C(C)C1. The number of benzene rings is 2. The van der Waals surface area contributed by atoms with Crippen LogP contribution in [0.25, 0.3) is 11.1 Å². The number of hydrogen-bond donors (Lipinski definition) is 1. The summed E-state index contributed by atoms with van der Waals surface area (Å²) in [6.45, 7) is 6.47. The van der Waals surface area contributed by atoms with Crippen molar-refractivity contribution < 1.29 is 5.11 Å². The van der Waals surface area contributed by atoms with Crippen LogP contribution in [0.3, 0.4) is 0 Å². The first-order valence-electron chi connectivity index (χ1n) is 8.24. The molecule has 1 N–H and O–H groups in total. The molecule has 0 unspecified atom stereocenters. The molecule has 1 heteroatoms. The fourth-order valence-electron chi connectivity index (χ4n) is 4.61. The maximum absolute atomic E-state index is 12.0. The molecule has 4 rings (SSSR count). The molecule has 0 aliphatic heterocycles. The van der Waals surface area contributed by atoms with Gasteiger partial charge in [0.1, 0.15) is 5.60 Å². The molecule has 0 saturated carbocycles. The van der Waals surface area contributed by atoms with E-state index >= 15 is 0 Å². The van der Waals surface area contributed by atoms with Gasteiger partial charge in [-0.2, -0.15) is 0 Å². The third-order valence-corrected chi connectivity index (χ3v) is 5.35. The molecule has 116 valence electrons. The number of aliphatic hydroxyl groups is 1. The van der Waals surface area contributed by atoms with Crippen LogP contribution in [0.4, 0.5) is 0 Å². The average molecular weight is 302 g/mol. The summed E-state index contributed by atoms with van der Waals surface area (Å²) in [5, 5.41) is 12.0. The fourth-order valence-corrected chi connectivity index (χ4v) is 4.61. The lowest BCUT2D eigenvalue weighted by atomic mass is 9.64. The van der Waals surface area contributed by atoms with Gasteiger partial charge < -0.3 is 5.11 Å². The van der Waals surface area contributed by atoms with Crippen LogP contribution in [-0.2, 0) is 5.60 Å². The zero-order chi connectivity index (χ0) is 16.2. The molecule has 2 aliphatic carbocycles. The van der Waals surface area contributed by atoms with Crippen molar-refractivity contribution in [1.29, 1.82) is 0 Å². The molecule has 2 aliphatic rings. The molecule has 0 heterocycles. The van der Waals surface area contributed by atoms with Gasteiger partial charge in [0, 0.05) is 5.41 Å². The molecule has 2 aromatic rings. The predicted octanol–water partition coefficient (Wildman–Crippen LogP) is 5.21. The zero-order valence-corrected chi connectivity index (χ0v) is 13.9. The van der Waals surface area contributed by atoms with Gasteiger partial charge in [0.15, 0.2) is 0 Å². The smallest absolute Gasteiger partial charge is 0.128 e. The predicted molar refractivity (Wildman–Crippen MR) is 95.1 cm³/mol. The normalized spacial score (nSPS) is 20.3. The van der Waals surface area contributed by atoms with Crippen LogP contribution in [0.2, 0.25) is 0 Å². The van der Waals surface area contributed by atoms with Gasteiger partial charge in [-0.3, -0.25) is 0 Å². The summed E-state index contributed by atoms with van der Waals surface area (Å²) in [4.78, 5) is 0. The molecule has 0 aromatic heterocycles. The van der Waals surface area contributed by atoms with Gasteiger partial charge in [-0.25, -0.2) is 0 Å². The van der Waals surface area contributed by atoms with E-state index in [-0.39, 0.29) is 0 Å². The maximum atomic E-state index is 12.0. The third kappa shape index (κ3) is 1.83. The summed E-state index contributed by atoms with van der Waals surface area (Å²) in [5.74, 6) is 0. The van der Waals surface area contributed by atoms with Gasteiger partial charge in [0.05, 0.1) is 0 Å². The number of rotatable bonds is 1. The van der Waals surface area contributed by atoms with Gasteiger partial charge in [-0.05, 0) is 49.4 Å². The van der Waals surface area contributed by atoms with E-state index in [0.717, 1.165) is 28.7 Å². The first kappa shape index (κ1) is 14.5. The van der Waals surface area contributed by atoms with E-state index in [9.17, 15) is 5.11 Å². The minimum absolute atomic E-state index is 0.442. The van der Waals surface area contributed by atoms with Gasteiger partial charge in [-0.15, -0.1) is 0 Å². The highest BCUT2D eigenvalue weighted by Gasteiger charge is 2.53. The van der Waals surface area contributed by atoms with Gasteiger partial charge in [0.25, 0.3) is 0 Å². The van der Waals surface area contributed by atoms with E-state index in [2.05, 4.69) is 57.2 Å². The monoisotopic (exact) mass is 302 g/mol. The minimum atomic E-state index is -1.02. The number of fused-ring (bicyclic) bond motifs is 3. The Morgan fingerprint density at radius 3 is 1.70 bits per heavy atom. The molecule has 2 aromatic carbocycles. The Kier molecular flexibility index (Phi) is 2.95. The molecular formula is C22H22O. The van der Waals surface area contributed by atoms with Crippen LogP contribution in [0.5, 0.6) is 0 Å². The van der Waals surface area contributed by atoms with Crippen LogP contribution in [0.15, 0.2) is 71.8 Å². The highest BCUT2D eigenvalue weighted by Crippen LogP contribution is 2.58. The van der Waals surface area contributed by atoms with Crippen LogP contribution in [0, 0.1) is 5.41 Å². The molecule has 0 saturated heterocycles. The van der Waals surface area contributed by atoms with E-state index in [4.69, 9.17) is 0 Å². The summed E-state index contributed by atoms with van der Waals surface area (Å²) in [7, 11) is 0. The van der Waals surface area contributed by atoms with E-state index in [0.29, 0.717) is 0 Å². The van der Waals surface area contributed by atoms with Crippen molar-refractivity contribution in [3.8, 4) is 11.1 Å². The van der Waals surface area contributed by atoms with Gasteiger partial charge in [-0.1, -0.05) is 71.8 Å². The standard InChI is InChI=1S/C22H22O/c1-15-12-16(2)14-21(3,13-15)22(23)19-10-6-4-8-17(19)18-9-5-7-11-20(18)22/h4-11,13-14,23H,12H2,1-3H3. The largest absolute Gasteiger partial charge is 0.379 e. The van der Waals surface area contributed by atoms with Crippen LogP contribution in [0.1, 0.15) is 38.3 Å². The molecule has 0 bridgehead atoms. The summed E-state index contributed by atoms with van der Waals surface area (Å²) in [6, 6.07) is 16.5. The van der Waals surface area contributed by atoms with Crippen molar-refractivity contribution in [2.24, 2.45) is 5.41 Å². The second-order valence-electron chi connectivity index (χ2n) is 7.24. The Bertz CT molecular complexity index is 790. The first-order valence-corrected chi connectivity index (χ1v) is 8.24. The topological polar surface area (TPSA) is 20.2 Å². The number of hydrogen-bond acceptors (Lipinski definition) is 1. The molecule has 23 heavy (non-hydrogen) atoms. The summed E-state index contributed by atoms with van der Waals surface area (Å²) in [6.07, 6.45) is 5.49. The number of allylic oxidation sites excluding steroid dienone is 2. The van der Waals surface area contributed by atoms with Crippen molar-refractivity contribution in [3.63, 3.8) is 0 Å². The molecule has 0 fully saturated rings. The third-order valence-electron chi connectivity index (χ3n) is 5.35. The Balaban J connectivity index is 2.06.